The second-order valence-electron chi connectivity index (χ2n) is 4.34. The van der Waals surface area contributed by atoms with E-state index in [1.54, 1.807) is 0 Å². The van der Waals surface area contributed by atoms with Gasteiger partial charge in [0.05, 0.1) is 0 Å². The first-order valence-corrected chi connectivity index (χ1v) is 5.00. The van der Waals surface area contributed by atoms with Gasteiger partial charge in [-0.25, -0.2) is 0 Å². The summed E-state index contributed by atoms with van der Waals surface area (Å²) in [5.74, 6) is 0. The van der Waals surface area contributed by atoms with Gasteiger partial charge in [0.2, 0.25) is 0 Å². The fraction of sp³-hybridized carbons (Fsp3) is 1.00. The molecule has 0 aromatic carbocycles. The zero-order valence-electron chi connectivity index (χ0n) is 8.31. The van der Waals surface area contributed by atoms with E-state index in [2.05, 4.69) is 6.92 Å². The van der Waals surface area contributed by atoms with E-state index >= 15 is 0 Å². The number of hydrogen-bond donors (Lipinski definition) is 1. The van der Waals surface area contributed by atoms with Crippen molar-refractivity contribution in [3.8, 4) is 0 Å². The van der Waals surface area contributed by atoms with Gasteiger partial charge in [-0.3, -0.25) is 0 Å². The van der Waals surface area contributed by atoms with E-state index in [0.29, 0.717) is 5.41 Å². The Kier molecular flexibility index (Phi) is 3.53. The number of rotatable bonds is 4. The van der Waals surface area contributed by atoms with Crippen molar-refractivity contribution in [3.05, 3.63) is 0 Å². The molecule has 1 atom stereocenters. The molecule has 0 spiro atoms. The first-order chi connectivity index (χ1) is 5.62. The zero-order chi connectivity index (χ0) is 9.03. The Balaban J connectivity index is 2.13. The van der Waals surface area contributed by atoms with Gasteiger partial charge in [-0.2, -0.15) is 0 Å². The number of hydrogen-bond acceptors (Lipinski definition) is 2. The van der Waals surface area contributed by atoms with Crippen molar-refractivity contribution >= 4 is 0 Å². The largest absolute Gasteiger partial charge is 0.364 e. The Morgan fingerprint density at radius 3 is 2.50 bits per heavy atom. The predicted molar refractivity (Wildman–Crippen MR) is 50.8 cm³/mol. The van der Waals surface area contributed by atoms with Crippen molar-refractivity contribution < 1.29 is 4.74 Å². The molecule has 0 aliphatic heterocycles. The summed E-state index contributed by atoms with van der Waals surface area (Å²) in [7, 11) is 0. The SMILES string of the molecule is CC(N)OCCC1(C)CCCC1. The summed E-state index contributed by atoms with van der Waals surface area (Å²) in [6.45, 7) is 5.08. The van der Waals surface area contributed by atoms with E-state index < -0.39 is 0 Å². The van der Waals surface area contributed by atoms with Crippen LogP contribution in [0.25, 0.3) is 0 Å². The van der Waals surface area contributed by atoms with Gasteiger partial charge in [0.1, 0.15) is 6.23 Å². The Morgan fingerprint density at radius 2 is 2.00 bits per heavy atom. The molecule has 12 heavy (non-hydrogen) atoms. The highest BCUT2D eigenvalue weighted by molar-refractivity contribution is 4.79. The molecule has 0 saturated heterocycles. The molecule has 1 aliphatic carbocycles. The minimum absolute atomic E-state index is 0.102. The molecule has 0 aromatic heterocycles. The van der Waals surface area contributed by atoms with E-state index in [-0.39, 0.29) is 6.23 Å². The highest BCUT2D eigenvalue weighted by Crippen LogP contribution is 2.40. The average molecular weight is 171 g/mol. The van der Waals surface area contributed by atoms with E-state index in [9.17, 15) is 0 Å². The molecule has 0 bridgehead atoms. The normalized spacial score (nSPS) is 24.2. The Hall–Kier alpha value is -0.0800. The van der Waals surface area contributed by atoms with Crippen LogP contribution in [0.3, 0.4) is 0 Å². The summed E-state index contributed by atoms with van der Waals surface area (Å²) in [5, 5.41) is 0. The maximum Gasteiger partial charge on any atom is 0.102 e. The summed E-state index contributed by atoms with van der Waals surface area (Å²) < 4.78 is 5.35. The third-order valence-corrected chi connectivity index (χ3v) is 2.90. The lowest BCUT2D eigenvalue weighted by atomic mass is 9.86. The first-order valence-electron chi connectivity index (χ1n) is 5.00. The van der Waals surface area contributed by atoms with Crippen molar-refractivity contribution in [2.24, 2.45) is 11.1 Å². The topological polar surface area (TPSA) is 35.2 Å². The minimum Gasteiger partial charge on any atom is -0.364 e. The zero-order valence-corrected chi connectivity index (χ0v) is 8.31. The molecule has 0 amide bonds. The molecule has 1 rings (SSSR count). The van der Waals surface area contributed by atoms with Gasteiger partial charge in [-0.15, -0.1) is 0 Å². The molecule has 2 N–H and O–H groups in total. The molecule has 0 heterocycles. The van der Waals surface area contributed by atoms with Gasteiger partial charge in [-0.1, -0.05) is 19.8 Å². The predicted octanol–water partition coefficient (Wildman–Crippen LogP) is 2.28. The van der Waals surface area contributed by atoms with E-state index in [4.69, 9.17) is 10.5 Å². The second-order valence-corrected chi connectivity index (χ2v) is 4.34. The Labute approximate surface area is 75.5 Å². The second kappa shape index (κ2) is 4.24. The molecule has 1 unspecified atom stereocenters. The maximum atomic E-state index is 5.50. The summed E-state index contributed by atoms with van der Waals surface area (Å²) in [5.41, 5.74) is 6.05. The van der Waals surface area contributed by atoms with Gasteiger partial charge in [-0.05, 0) is 31.6 Å². The van der Waals surface area contributed by atoms with E-state index in [1.165, 1.54) is 32.1 Å². The van der Waals surface area contributed by atoms with Crippen LogP contribution in [0.5, 0.6) is 0 Å². The van der Waals surface area contributed by atoms with Crippen molar-refractivity contribution in [2.45, 2.75) is 52.2 Å². The Bertz CT molecular complexity index is 128. The Morgan fingerprint density at radius 1 is 1.42 bits per heavy atom. The lowest BCUT2D eigenvalue weighted by Crippen LogP contribution is -2.22. The van der Waals surface area contributed by atoms with Crippen LogP contribution in [0.2, 0.25) is 0 Å². The van der Waals surface area contributed by atoms with Crippen molar-refractivity contribution in [2.75, 3.05) is 6.61 Å². The fourth-order valence-corrected chi connectivity index (χ4v) is 1.97. The minimum atomic E-state index is -0.102. The highest BCUT2D eigenvalue weighted by Gasteiger charge is 2.27. The van der Waals surface area contributed by atoms with Gasteiger partial charge in [0.25, 0.3) is 0 Å². The molecule has 2 nitrogen and oxygen atoms in total. The molecule has 0 aromatic rings. The summed E-state index contributed by atoms with van der Waals surface area (Å²) >= 11 is 0. The molecular weight excluding hydrogens is 150 g/mol. The molecule has 0 radical (unpaired) electrons. The molecule has 2 heteroatoms. The van der Waals surface area contributed by atoms with E-state index in [0.717, 1.165) is 6.61 Å². The fourth-order valence-electron chi connectivity index (χ4n) is 1.97. The highest BCUT2D eigenvalue weighted by atomic mass is 16.5. The third-order valence-electron chi connectivity index (χ3n) is 2.90. The molecule has 1 fully saturated rings. The average Bonchev–Trinajstić information content (AvgIpc) is 2.35. The monoisotopic (exact) mass is 171 g/mol. The van der Waals surface area contributed by atoms with Crippen LogP contribution in [0.4, 0.5) is 0 Å². The van der Waals surface area contributed by atoms with Crippen LogP contribution in [-0.4, -0.2) is 12.8 Å². The lowest BCUT2D eigenvalue weighted by Gasteiger charge is -2.23. The number of ether oxygens (including phenoxy) is 1. The van der Waals surface area contributed by atoms with Gasteiger partial charge >= 0.3 is 0 Å². The van der Waals surface area contributed by atoms with Gasteiger partial charge < -0.3 is 10.5 Å². The van der Waals surface area contributed by atoms with Crippen LogP contribution in [-0.2, 0) is 4.74 Å². The third kappa shape index (κ3) is 3.11. The summed E-state index contributed by atoms with van der Waals surface area (Å²) in [6.07, 6.45) is 6.61. The molecular formula is C10H21NO. The van der Waals surface area contributed by atoms with Crippen LogP contribution in [0, 0.1) is 5.41 Å². The quantitative estimate of drug-likeness (QED) is 0.659. The lowest BCUT2D eigenvalue weighted by molar-refractivity contribution is 0.0485. The van der Waals surface area contributed by atoms with Crippen LogP contribution in [0.1, 0.15) is 46.0 Å². The summed E-state index contributed by atoms with van der Waals surface area (Å²) in [6, 6.07) is 0. The van der Waals surface area contributed by atoms with Crippen LogP contribution >= 0.6 is 0 Å². The van der Waals surface area contributed by atoms with E-state index in [1.807, 2.05) is 6.92 Å². The maximum absolute atomic E-state index is 5.50. The first kappa shape index (κ1) is 10.0. The van der Waals surface area contributed by atoms with Crippen LogP contribution < -0.4 is 5.73 Å². The van der Waals surface area contributed by atoms with Crippen molar-refractivity contribution in [1.29, 1.82) is 0 Å². The van der Waals surface area contributed by atoms with Crippen molar-refractivity contribution in [3.63, 3.8) is 0 Å². The van der Waals surface area contributed by atoms with Crippen LogP contribution in [0.15, 0.2) is 0 Å². The molecule has 1 aliphatic rings. The standard InChI is InChI=1S/C10H21NO/c1-9(11)12-8-7-10(2)5-3-4-6-10/h9H,3-8,11H2,1-2H3. The van der Waals surface area contributed by atoms with Gasteiger partial charge in [0.15, 0.2) is 0 Å². The number of nitrogens with two attached hydrogens (primary N) is 1. The smallest absolute Gasteiger partial charge is 0.102 e. The molecule has 72 valence electrons. The summed E-state index contributed by atoms with van der Waals surface area (Å²) in [4.78, 5) is 0. The molecule has 1 saturated carbocycles. The van der Waals surface area contributed by atoms with Gasteiger partial charge in [0, 0.05) is 6.61 Å². The van der Waals surface area contributed by atoms with Crippen molar-refractivity contribution in [1.82, 2.24) is 0 Å².